The molecule has 0 unspecified atom stereocenters. The standard InChI is InChI=1S/C18H25N3/c1-12-9-7-8-10-15(12)17-20-13(2)16(14(3)21-17)11-19-18(4,5)6/h7-10,19H,11H2,1-6H3. The van der Waals surface area contributed by atoms with Crippen LogP contribution in [0.3, 0.4) is 0 Å². The predicted octanol–water partition coefficient (Wildman–Crippen LogP) is 3.96. The first-order valence-corrected chi connectivity index (χ1v) is 7.43. The molecule has 0 fully saturated rings. The molecule has 1 aromatic carbocycles. The first kappa shape index (κ1) is 15.6. The summed E-state index contributed by atoms with van der Waals surface area (Å²) in [5.74, 6) is 0.822. The summed E-state index contributed by atoms with van der Waals surface area (Å²) < 4.78 is 0. The Morgan fingerprint density at radius 3 is 2.05 bits per heavy atom. The van der Waals surface area contributed by atoms with Crippen molar-refractivity contribution in [2.45, 2.75) is 53.6 Å². The van der Waals surface area contributed by atoms with Crippen LogP contribution in [-0.2, 0) is 6.54 Å². The lowest BCUT2D eigenvalue weighted by atomic mass is 10.1. The summed E-state index contributed by atoms with van der Waals surface area (Å²) in [6.45, 7) is 13.5. The fourth-order valence-corrected chi connectivity index (χ4v) is 2.29. The van der Waals surface area contributed by atoms with Gasteiger partial charge in [-0.1, -0.05) is 24.3 Å². The fourth-order valence-electron chi connectivity index (χ4n) is 2.29. The Kier molecular flexibility index (Phi) is 4.43. The summed E-state index contributed by atoms with van der Waals surface area (Å²) in [6.07, 6.45) is 0. The SMILES string of the molecule is Cc1ccccc1-c1nc(C)c(CNC(C)(C)C)c(C)n1. The lowest BCUT2D eigenvalue weighted by Gasteiger charge is -2.22. The zero-order valence-electron chi connectivity index (χ0n) is 13.9. The van der Waals surface area contributed by atoms with Crippen molar-refractivity contribution in [1.82, 2.24) is 15.3 Å². The van der Waals surface area contributed by atoms with E-state index in [2.05, 4.69) is 59.0 Å². The van der Waals surface area contributed by atoms with Crippen molar-refractivity contribution in [1.29, 1.82) is 0 Å². The highest BCUT2D eigenvalue weighted by Gasteiger charge is 2.14. The molecular weight excluding hydrogens is 258 g/mol. The van der Waals surface area contributed by atoms with Gasteiger partial charge in [-0.2, -0.15) is 0 Å². The van der Waals surface area contributed by atoms with Crippen molar-refractivity contribution < 1.29 is 0 Å². The van der Waals surface area contributed by atoms with Crippen molar-refractivity contribution in [3.8, 4) is 11.4 Å². The normalized spacial score (nSPS) is 11.7. The molecule has 2 aromatic rings. The molecule has 2 rings (SSSR count). The Bertz CT molecular complexity index is 616. The van der Waals surface area contributed by atoms with Crippen molar-refractivity contribution in [3.05, 3.63) is 46.8 Å². The van der Waals surface area contributed by atoms with Gasteiger partial charge in [-0.25, -0.2) is 9.97 Å². The molecule has 0 radical (unpaired) electrons. The van der Waals surface area contributed by atoms with E-state index in [-0.39, 0.29) is 5.54 Å². The zero-order valence-corrected chi connectivity index (χ0v) is 13.9. The van der Waals surface area contributed by atoms with Crippen molar-refractivity contribution >= 4 is 0 Å². The van der Waals surface area contributed by atoms with Gasteiger partial charge in [-0.15, -0.1) is 0 Å². The van der Waals surface area contributed by atoms with Gasteiger partial charge in [0.15, 0.2) is 5.82 Å². The Morgan fingerprint density at radius 2 is 1.52 bits per heavy atom. The molecule has 3 heteroatoms. The molecule has 3 nitrogen and oxygen atoms in total. The van der Waals surface area contributed by atoms with E-state index in [1.54, 1.807) is 0 Å². The highest BCUT2D eigenvalue weighted by atomic mass is 15.0. The Balaban J connectivity index is 2.36. The molecule has 1 heterocycles. The topological polar surface area (TPSA) is 37.8 Å². The third kappa shape index (κ3) is 3.88. The summed E-state index contributed by atoms with van der Waals surface area (Å²) >= 11 is 0. The van der Waals surface area contributed by atoms with Crippen LogP contribution in [0.15, 0.2) is 24.3 Å². The molecular formula is C18H25N3. The highest BCUT2D eigenvalue weighted by molar-refractivity contribution is 5.60. The van der Waals surface area contributed by atoms with Gasteiger partial charge >= 0.3 is 0 Å². The van der Waals surface area contributed by atoms with E-state index in [1.165, 1.54) is 11.1 Å². The molecule has 0 aliphatic rings. The Labute approximate surface area is 127 Å². The van der Waals surface area contributed by atoms with Crippen LogP contribution in [0.25, 0.3) is 11.4 Å². The minimum absolute atomic E-state index is 0.0908. The number of benzene rings is 1. The number of hydrogen-bond donors (Lipinski definition) is 1. The molecule has 0 aliphatic carbocycles. The summed E-state index contributed by atoms with van der Waals surface area (Å²) in [5.41, 5.74) is 5.71. The molecule has 0 spiro atoms. The Morgan fingerprint density at radius 1 is 0.952 bits per heavy atom. The maximum Gasteiger partial charge on any atom is 0.159 e. The first-order valence-electron chi connectivity index (χ1n) is 7.43. The minimum Gasteiger partial charge on any atom is -0.308 e. The summed E-state index contributed by atoms with van der Waals surface area (Å²) in [6, 6.07) is 8.25. The largest absolute Gasteiger partial charge is 0.308 e. The monoisotopic (exact) mass is 283 g/mol. The van der Waals surface area contributed by atoms with E-state index >= 15 is 0 Å². The van der Waals surface area contributed by atoms with Crippen molar-refractivity contribution in [2.75, 3.05) is 0 Å². The first-order chi connectivity index (χ1) is 9.78. The molecule has 1 aromatic heterocycles. The number of nitrogens with zero attached hydrogens (tertiary/aromatic N) is 2. The zero-order chi connectivity index (χ0) is 15.6. The molecule has 0 bridgehead atoms. The van der Waals surface area contributed by atoms with Crippen LogP contribution in [-0.4, -0.2) is 15.5 Å². The average molecular weight is 283 g/mol. The molecule has 1 N–H and O–H groups in total. The van der Waals surface area contributed by atoms with Crippen molar-refractivity contribution in [2.24, 2.45) is 0 Å². The van der Waals surface area contributed by atoms with E-state index < -0.39 is 0 Å². The van der Waals surface area contributed by atoms with Crippen LogP contribution in [0.2, 0.25) is 0 Å². The molecule has 0 aliphatic heterocycles. The van der Waals surface area contributed by atoms with Gasteiger partial charge in [0.05, 0.1) is 0 Å². The van der Waals surface area contributed by atoms with E-state index in [0.29, 0.717) is 0 Å². The quantitative estimate of drug-likeness (QED) is 0.926. The maximum atomic E-state index is 4.71. The third-order valence-corrected chi connectivity index (χ3v) is 3.60. The second-order valence-corrected chi connectivity index (χ2v) is 6.62. The predicted molar refractivity (Wildman–Crippen MR) is 88.3 cm³/mol. The number of hydrogen-bond acceptors (Lipinski definition) is 3. The van der Waals surface area contributed by atoms with Crippen LogP contribution in [0, 0.1) is 20.8 Å². The average Bonchev–Trinajstić information content (AvgIpc) is 2.36. The van der Waals surface area contributed by atoms with Crippen molar-refractivity contribution in [3.63, 3.8) is 0 Å². The number of aryl methyl sites for hydroxylation is 3. The Hall–Kier alpha value is -1.74. The minimum atomic E-state index is 0.0908. The maximum absolute atomic E-state index is 4.71. The number of nitrogens with one attached hydrogen (secondary N) is 1. The summed E-state index contributed by atoms with van der Waals surface area (Å²) in [4.78, 5) is 9.43. The van der Waals surface area contributed by atoms with Gasteiger partial charge in [0.2, 0.25) is 0 Å². The summed E-state index contributed by atoms with van der Waals surface area (Å²) in [7, 11) is 0. The highest BCUT2D eigenvalue weighted by Crippen LogP contribution is 2.22. The van der Waals surface area contributed by atoms with Gasteiger partial charge in [-0.3, -0.25) is 0 Å². The van der Waals surface area contributed by atoms with Crippen LogP contribution in [0.5, 0.6) is 0 Å². The fraction of sp³-hybridized carbons (Fsp3) is 0.444. The molecule has 112 valence electrons. The van der Waals surface area contributed by atoms with E-state index in [9.17, 15) is 0 Å². The number of aromatic nitrogens is 2. The van der Waals surface area contributed by atoms with Gasteiger partial charge in [-0.05, 0) is 47.1 Å². The second-order valence-electron chi connectivity index (χ2n) is 6.62. The second kappa shape index (κ2) is 5.94. The molecule has 0 amide bonds. The molecule has 0 atom stereocenters. The van der Waals surface area contributed by atoms with E-state index in [0.717, 1.165) is 29.3 Å². The van der Waals surface area contributed by atoms with Gasteiger partial charge in [0, 0.05) is 34.6 Å². The van der Waals surface area contributed by atoms with Crippen LogP contribution in [0.1, 0.15) is 43.3 Å². The molecule has 21 heavy (non-hydrogen) atoms. The third-order valence-electron chi connectivity index (χ3n) is 3.60. The van der Waals surface area contributed by atoms with E-state index in [4.69, 9.17) is 9.97 Å². The lowest BCUT2D eigenvalue weighted by Crippen LogP contribution is -2.35. The number of rotatable bonds is 3. The summed E-state index contributed by atoms with van der Waals surface area (Å²) in [5, 5.41) is 3.51. The molecule has 0 saturated heterocycles. The van der Waals surface area contributed by atoms with Gasteiger partial charge < -0.3 is 5.32 Å². The van der Waals surface area contributed by atoms with Crippen LogP contribution >= 0.6 is 0 Å². The lowest BCUT2D eigenvalue weighted by molar-refractivity contribution is 0.422. The van der Waals surface area contributed by atoms with E-state index in [1.807, 2.05) is 12.1 Å². The van der Waals surface area contributed by atoms with Crippen LogP contribution in [0.4, 0.5) is 0 Å². The van der Waals surface area contributed by atoms with Gasteiger partial charge in [0.1, 0.15) is 0 Å². The molecule has 0 saturated carbocycles. The van der Waals surface area contributed by atoms with Gasteiger partial charge in [0.25, 0.3) is 0 Å². The smallest absolute Gasteiger partial charge is 0.159 e. The van der Waals surface area contributed by atoms with Crippen LogP contribution < -0.4 is 5.32 Å².